The van der Waals surface area contributed by atoms with Crippen LogP contribution in [0, 0.1) is 0 Å². The van der Waals surface area contributed by atoms with Crippen molar-refractivity contribution >= 4 is 11.0 Å². The van der Waals surface area contributed by atoms with Crippen LogP contribution in [0.5, 0.6) is 11.5 Å². The average molecular weight is 350 g/mol. The second-order valence-corrected chi connectivity index (χ2v) is 5.93. The van der Waals surface area contributed by atoms with Crippen molar-refractivity contribution in [3.63, 3.8) is 0 Å². The standard InChI is InChI=1S/C19H18N4O3/c1-12(25-17-7-5-4-6-16(17)24-3)19-21-18(22-26-19)13-8-9-14-15(10-13)23(2)11-20-14/h4-12H,1-3H3/t12-/m1/s1. The van der Waals surface area contributed by atoms with Crippen LogP contribution in [0.25, 0.3) is 22.4 Å². The van der Waals surface area contributed by atoms with E-state index in [1.807, 2.05) is 61.0 Å². The molecule has 0 radical (unpaired) electrons. The van der Waals surface area contributed by atoms with Crippen molar-refractivity contribution in [1.82, 2.24) is 19.7 Å². The van der Waals surface area contributed by atoms with Gasteiger partial charge in [0, 0.05) is 12.6 Å². The Hall–Kier alpha value is -3.35. The van der Waals surface area contributed by atoms with E-state index < -0.39 is 6.10 Å². The molecule has 0 spiro atoms. The third kappa shape index (κ3) is 2.88. The lowest BCUT2D eigenvalue weighted by Gasteiger charge is -2.13. The van der Waals surface area contributed by atoms with Crippen LogP contribution in [0.1, 0.15) is 18.9 Å². The number of methoxy groups -OCH3 is 1. The number of para-hydroxylation sites is 2. The Bertz CT molecular complexity index is 1050. The zero-order valence-electron chi connectivity index (χ0n) is 14.7. The molecule has 4 aromatic rings. The molecule has 7 nitrogen and oxygen atoms in total. The van der Waals surface area contributed by atoms with Gasteiger partial charge in [-0.1, -0.05) is 17.3 Å². The number of fused-ring (bicyclic) bond motifs is 1. The van der Waals surface area contributed by atoms with Crippen molar-refractivity contribution in [2.24, 2.45) is 7.05 Å². The summed E-state index contributed by atoms with van der Waals surface area (Å²) in [4.78, 5) is 8.80. The van der Waals surface area contributed by atoms with Crippen LogP contribution < -0.4 is 9.47 Å². The monoisotopic (exact) mass is 350 g/mol. The summed E-state index contributed by atoms with van der Waals surface area (Å²) in [5.74, 6) is 2.19. The SMILES string of the molecule is COc1ccccc1O[C@H](C)c1nc(-c2ccc3ncn(C)c3c2)no1. The maximum atomic E-state index is 5.91. The van der Waals surface area contributed by atoms with Crippen molar-refractivity contribution in [3.05, 3.63) is 54.7 Å². The first-order chi connectivity index (χ1) is 12.7. The molecule has 2 heterocycles. The predicted octanol–water partition coefficient (Wildman–Crippen LogP) is 3.77. The summed E-state index contributed by atoms with van der Waals surface area (Å²) in [7, 11) is 3.55. The number of imidazole rings is 1. The van der Waals surface area contributed by atoms with Gasteiger partial charge in [0.05, 0.1) is 24.5 Å². The lowest BCUT2D eigenvalue weighted by atomic mass is 10.2. The molecule has 7 heteroatoms. The lowest BCUT2D eigenvalue weighted by molar-refractivity contribution is 0.169. The van der Waals surface area contributed by atoms with Crippen LogP contribution in [0.2, 0.25) is 0 Å². The molecule has 0 fully saturated rings. The molecule has 0 amide bonds. The van der Waals surface area contributed by atoms with Gasteiger partial charge in [-0.15, -0.1) is 0 Å². The van der Waals surface area contributed by atoms with Gasteiger partial charge in [0.25, 0.3) is 5.89 Å². The summed E-state index contributed by atoms with van der Waals surface area (Å²) in [6.07, 6.45) is 1.37. The molecule has 0 aliphatic rings. The molecule has 0 aliphatic heterocycles. The van der Waals surface area contributed by atoms with Crippen LogP contribution in [-0.2, 0) is 7.05 Å². The van der Waals surface area contributed by atoms with Gasteiger partial charge in [-0.25, -0.2) is 4.98 Å². The van der Waals surface area contributed by atoms with Crippen LogP contribution in [0.15, 0.2) is 53.3 Å². The van der Waals surface area contributed by atoms with Crippen LogP contribution in [0.3, 0.4) is 0 Å². The molecule has 132 valence electrons. The lowest BCUT2D eigenvalue weighted by Crippen LogP contribution is -2.04. The highest BCUT2D eigenvalue weighted by Crippen LogP contribution is 2.31. The second kappa shape index (κ2) is 6.51. The fourth-order valence-electron chi connectivity index (χ4n) is 2.74. The number of ether oxygens (including phenoxy) is 2. The van der Waals surface area contributed by atoms with Crippen molar-refractivity contribution < 1.29 is 14.0 Å². The van der Waals surface area contributed by atoms with E-state index >= 15 is 0 Å². The van der Waals surface area contributed by atoms with E-state index in [1.165, 1.54) is 0 Å². The third-order valence-corrected chi connectivity index (χ3v) is 4.15. The number of aryl methyl sites for hydroxylation is 1. The van der Waals surface area contributed by atoms with Crippen molar-refractivity contribution in [2.45, 2.75) is 13.0 Å². The van der Waals surface area contributed by atoms with E-state index in [-0.39, 0.29) is 0 Å². The van der Waals surface area contributed by atoms with E-state index in [1.54, 1.807) is 13.4 Å². The van der Waals surface area contributed by atoms with Gasteiger partial charge in [0.15, 0.2) is 17.6 Å². The minimum absolute atomic E-state index is 0.399. The van der Waals surface area contributed by atoms with E-state index in [0.717, 1.165) is 16.6 Å². The fraction of sp³-hybridized carbons (Fsp3) is 0.211. The first kappa shape index (κ1) is 16.1. The van der Waals surface area contributed by atoms with Gasteiger partial charge in [-0.05, 0) is 37.3 Å². The Morgan fingerprint density at radius 1 is 1.12 bits per heavy atom. The summed E-state index contributed by atoms with van der Waals surface area (Å²) >= 11 is 0. The Balaban J connectivity index is 1.59. The maximum Gasteiger partial charge on any atom is 0.267 e. The van der Waals surface area contributed by atoms with Gasteiger partial charge in [-0.3, -0.25) is 0 Å². The predicted molar refractivity (Wildman–Crippen MR) is 96.0 cm³/mol. The van der Waals surface area contributed by atoms with Gasteiger partial charge in [0.1, 0.15) is 0 Å². The Labute approximate surface area is 150 Å². The summed E-state index contributed by atoms with van der Waals surface area (Å²) in [6.45, 7) is 1.86. The minimum Gasteiger partial charge on any atom is -0.493 e. The Kier molecular flexibility index (Phi) is 4.04. The summed E-state index contributed by atoms with van der Waals surface area (Å²) in [5.41, 5.74) is 2.79. The topological polar surface area (TPSA) is 75.2 Å². The smallest absolute Gasteiger partial charge is 0.267 e. The molecule has 26 heavy (non-hydrogen) atoms. The van der Waals surface area contributed by atoms with E-state index in [0.29, 0.717) is 23.2 Å². The largest absolute Gasteiger partial charge is 0.493 e. The van der Waals surface area contributed by atoms with Crippen LogP contribution in [0.4, 0.5) is 0 Å². The molecule has 0 aliphatic carbocycles. The Morgan fingerprint density at radius 2 is 1.92 bits per heavy atom. The highest BCUT2D eigenvalue weighted by Gasteiger charge is 2.18. The molecule has 0 unspecified atom stereocenters. The zero-order chi connectivity index (χ0) is 18.1. The molecule has 0 saturated carbocycles. The van der Waals surface area contributed by atoms with Gasteiger partial charge >= 0.3 is 0 Å². The van der Waals surface area contributed by atoms with E-state index in [4.69, 9.17) is 14.0 Å². The molecule has 1 atom stereocenters. The van der Waals surface area contributed by atoms with Gasteiger partial charge < -0.3 is 18.6 Å². The first-order valence-corrected chi connectivity index (χ1v) is 8.20. The average Bonchev–Trinajstić information content (AvgIpc) is 3.29. The first-order valence-electron chi connectivity index (χ1n) is 8.20. The van der Waals surface area contributed by atoms with E-state index in [9.17, 15) is 0 Å². The summed E-state index contributed by atoms with van der Waals surface area (Å²) < 4.78 is 18.6. The normalized spacial score (nSPS) is 12.3. The quantitative estimate of drug-likeness (QED) is 0.545. The highest BCUT2D eigenvalue weighted by molar-refractivity contribution is 5.80. The third-order valence-electron chi connectivity index (χ3n) is 4.15. The zero-order valence-corrected chi connectivity index (χ0v) is 14.7. The molecule has 2 aromatic carbocycles. The summed E-state index contributed by atoms with van der Waals surface area (Å²) in [6, 6.07) is 13.3. The number of nitrogens with zero attached hydrogens (tertiary/aromatic N) is 4. The molecule has 0 N–H and O–H groups in total. The molecular weight excluding hydrogens is 332 g/mol. The maximum absolute atomic E-state index is 5.91. The van der Waals surface area contributed by atoms with E-state index in [2.05, 4.69) is 15.1 Å². The number of aromatic nitrogens is 4. The molecular formula is C19H18N4O3. The number of hydrogen-bond donors (Lipinski definition) is 0. The molecule has 4 rings (SSSR count). The van der Waals surface area contributed by atoms with Crippen molar-refractivity contribution in [3.8, 4) is 22.9 Å². The summed E-state index contributed by atoms with van der Waals surface area (Å²) in [5, 5.41) is 4.09. The highest BCUT2D eigenvalue weighted by atomic mass is 16.5. The fourth-order valence-corrected chi connectivity index (χ4v) is 2.74. The van der Waals surface area contributed by atoms with Crippen molar-refractivity contribution in [1.29, 1.82) is 0 Å². The van der Waals surface area contributed by atoms with Crippen LogP contribution >= 0.6 is 0 Å². The number of hydrogen-bond acceptors (Lipinski definition) is 6. The Morgan fingerprint density at radius 3 is 2.73 bits per heavy atom. The molecule has 0 bridgehead atoms. The number of rotatable bonds is 5. The molecule has 2 aromatic heterocycles. The minimum atomic E-state index is -0.409. The van der Waals surface area contributed by atoms with Crippen molar-refractivity contribution in [2.75, 3.05) is 7.11 Å². The second-order valence-electron chi connectivity index (χ2n) is 5.93. The van der Waals surface area contributed by atoms with Crippen LogP contribution in [-0.4, -0.2) is 26.8 Å². The molecule has 0 saturated heterocycles. The van der Waals surface area contributed by atoms with Gasteiger partial charge in [-0.2, -0.15) is 4.98 Å². The van der Waals surface area contributed by atoms with Gasteiger partial charge in [0.2, 0.25) is 5.82 Å². The number of benzene rings is 2.